The summed E-state index contributed by atoms with van der Waals surface area (Å²) in [6.07, 6.45) is 10.5. The number of nitrogens with one attached hydrogen (secondary N) is 2. The average molecular weight is 345 g/mol. The molecule has 0 saturated heterocycles. The lowest BCUT2D eigenvalue weighted by Crippen LogP contribution is -2.46. The smallest absolute Gasteiger partial charge is 0.315 e. The first-order valence-electron chi connectivity index (χ1n) is 9.13. The van der Waals surface area contributed by atoms with Gasteiger partial charge in [0.05, 0.1) is 5.25 Å². The number of hydrogen-bond donors (Lipinski definition) is 2. The molecule has 0 spiro atoms. The lowest BCUT2D eigenvalue weighted by atomic mass is 9.78. The number of sulfone groups is 1. The van der Waals surface area contributed by atoms with E-state index in [2.05, 4.69) is 17.6 Å². The fourth-order valence-corrected chi connectivity index (χ4v) is 5.31. The topological polar surface area (TPSA) is 75.3 Å². The first-order valence-corrected chi connectivity index (χ1v) is 11.1. The van der Waals surface area contributed by atoms with Crippen molar-refractivity contribution in [3.63, 3.8) is 0 Å². The molecule has 134 valence electrons. The maximum absolute atomic E-state index is 12.1. The Morgan fingerprint density at radius 2 is 1.61 bits per heavy atom. The third-order valence-corrected chi connectivity index (χ3v) is 7.41. The molecule has 0 aromatic carbocycles. The van der Waals surface area contributed by atoms with Gasteiger partial charge in [0.1, 0.15) is 9.84 Å². The van der Waals surface area contributed by atoms with E-state index in [9.17, 15) is 13.2 Å². The molecule has 2 saturated carbocycles. The molecule has 0 heterocycles. The summed E-state index contributed by atoms with van der Waals surface area (Å²) in [6.45, 7) is 3.01. The lowest BCUT2D eigenvalue weighted by molar-refractivity contribution is 0.208. The quantitative estimate of drug-likeness (QED) is 0.805. The molecule has 0 aromatic heterocycles. The van der Waals surface area contributed by atoms with Crippen LogP contribution < -0.4 is 10.6 Å². The third-order valence-electron chi connectivity index (χ3n) is 5.73. The van der Waals surface area contributed by atoms with Crippen LogP contribution in [0.4, 0.5) is 4.79 Å². The lowest BCUT2D eigenvalue weighted by Gasteiger charge is -2.32. The van der Waals surface area contributed by atoms with Gasteiger partial charge in [0.2, 0.25) is 0 Å². The summed E-state index contributed by atoms with van der Waals surface area (Å²) >= 11 is 0. The van der Waals surface area contributed by atoms with E-state index in [-0.39, 0.29) is 17.3 Å². The van der Waals surface area contributed by atoms with E-state index in [0.717, 1.165) is 25.3 Å². The summed E-state index contributed by atoms with van der Waals surface area (Å²) in [7, 11) is -2.94. The van der Waals surface area contributed by atoms with Crippen LogP contribution in [0.3, 0.4) is 0 Å². The first-order chi connectivity index (χ1) is 10.9. The summed E-state index contributed by atoms with van der Waals surface area (Å²) in [4.78, 5) is 12.1. The number of amides is 2. The minimum Gasteiger partial charge on any atom is -0.338 e. The number of rotatable bonds is 5. The van der Waals surface area contributed by atoms with Crippen LogP contribution in [0, 0.1) is 11.8 Å². The number of urea groups is 1. The van der Waals surface area contributed by atoms with Gasteiger partial charge in [-0.1, -0.05) is 32.6 Å². The molecule has 0 radical (unpaired) electrons. The number of carbonyl (C=O) groups is 1. The number of hydrogen-bond acceptors (Lipinski definition) is 3. The summed E-state index contributed by atoms with van der Waals surface area (Å²) < 4.78 is 23.1. The van der Waals surface area contributed by atoms with Gasteiger partial charge in [-0.15, -0.1) is 0 Å². The Hall–Kier alpha value is -0.780. The Bertz CT molecular complexity index is 484. The fraction of sp³-hybridized carbons (Fsp3) is 0.941. The van der Waals surface area contributed by atoms with Crippen LogP contribution in [-0.4, -0.2) is 38.5 Å². The molecule has 2 aliphatic rings. The molecule has 2 fully saturated rings. The molecule has 2 rings (SSSR count). The van der Waals surface area contributed by atoms with Gasteiger partial charge in [0.25, 0.3) is 0 Å². The van der Waals surface area contributed by atoms with Crippen LogP contribution in [0.15, 0.2) is 0 Å². The second-order valence-electron chi connectivity index (χ2n) is 7.37. The van der Waals surface area contributed by atoms with Gasteiger partial charge in [0.15, 0.2) is 0 Å². The Morgan fingerprint density at radius 3 is 2.17 bits per heavy atom. The van der Waals surface area contributed by atoms with Crippen LogP contribution in [0.1, 0.15) is 64.7 Å². The highest BCUT2D eigenvalue weighted by atomic mass is 32.2. The highest BCUT2D eigenvalue weighted by Crippen LogP contribution is 2.31. The minimum absolute atomic E-state index is 0.0896. The van der Waals surface area contributed by atoms with Crippen LogP contribution >= 0.6 is 0 Å². The molecular formula is C17H32N2O3S. The van der Waals surface area contributed by atoms with Gasteiger partial charge in [0, 0.05) is 18.8 Å². The first kappa shape index (κ1) is 18.6. The average Bonchev–Trinajstić information content (AvgIpc) is 2.53. The van der Waals surface area contributed by atoms with Crippen molar-refractivity contribution in [2.75, 3.05) is 12.8 Å². The predicted molar refractivity (Wildman–Crippen MR) is 93.2 cm³/mol. The monoisotopic (exact) mass is 344 g/mol. The third kappa shape index (κ3) is 5.66. The van der Waals surface area contributed by atoms with Gasteiger partial charge in [-0.05, 0) is 43.9 Å². The molecule has 5 nitrogen and oxygen atoms in total. The van der Waals surface area contributed by atoms with E-state index in [4.69, 9.17) is 0 Å². The Kier molecular flexibility index (Phi) is 6.74. The molecule has 2 amide bonds. The van der Waals surface area contributed by atoms with Gasteiger partial charge in [-0.25, -0.2) is 13.2 Å². The standard InChI is InChI=1S/C17H32N2O3S/c1-3-13-6-4-5-7-14(13)12-18-17(20)19-15-8-10-16(11-9-15)23(2,21)22/h13-16H,3-12H2,1-2H3,(H2,18,19,20). The molecule has 2 atom stereocenters. The SMILES string of the molecule is CCC1CCCCC1CNC(=O)NC1CCC(S(C)(=O)=O)CC1. The van der Waals surface area contributed by atoms with Crippen molar-refractivity contribution in [3.05, 3.63) is 0 Å². The summed E-state index contributed by atoms with van der Waals surface area (Å²) in [5.74, 6) is 1.36. The summed E-state index contributed by atoms with van der Waals surface area (Å²) in [5.41, 5.74) is 0. The van der Waals surface area contributed by atoms with Gasteiger partial charge < -0.3 is 10.6 Å². The highest BCUT2D eigenvalue weighted by Gasteiger charge is 2.29. The van der Waals surface area contributed by atoms with Crippen LogP contribution in [0.2, 0.25) is 0 Å². The molecule has 0 bridgehead atoms. The van der Waals surface area contributed by atoms with Crippen molar-refractivity contribution >= 4 is 15.9 Å². The minimum atomic E-state index is -2.94. The summed E-state index contributed by atoms with van der Waals surface area (Å²) in [5, 5.41) is 5.83. The zero-order chi connectivity index (χ0) is 16.9. The molecule has 2 unspecified atom stereocenters. The van der Waals surface area contributed by atoms with Crippen molar-refractivity contribution in [2.45, 2.75) is 76.0 Å². The van der Waals surface area contributed by atoms with Crippen molar-refractivity contribution in [1.29, 1.82) is 0 Å². The molecule has 0 aliphatic heterocycles. The Labute approximate surface area is 140 Å². The van der Waals surface area contributed by atoms with Crippen LogP contribution in [0.5, 0.6) is 0 Å². The maximum atomic E-state index is 12.1. The second-order valence-corrected chi connectivity index (χ2v) is 9.70. The van der Waals surface area contributed by atoms with Gasteiger partial charge in [-0.2, -0.15) is 0 Å². The molecular weight excluding hydrogens is 312 g/mol. The molecule has 2 aliphatic carbocycles. The number of carbonyl (C=O) groups excluding carboxylic acids is 1. The van der Waals surface area contributed by atoms with Crippen molar-refractivity contribution < 1.29 is 13.2 Å². The second kappa shape index (κ2) is 8.36. The Morgan fingerprint density at radius 1 is 1.00 bits per heavy atom. The van der Waals surface area contributed by atoms with E-state index in [1.807, 2.05) is 0 Å². The van der Waals surface area contributed by atoms with Crippen molar-refractivity contribution in [2.24, 2.45) is 11.8 Å². The largest absolute Gasteiger partial charge is 0.338 e. The fourth-order valence-electron chi connectivity index (χ4n) is 4.19. The molecule has 6 heteroatoms. The maximum Gasteiger partial charge on any atom is 0.315 e. The highest BCUT2D eigenvalue weighted by molar-refractivity contribution is 7.91. The van der Waals surface area contributed by atoms with E-state index < -0.39 is 9.84 Å². The normalized spacial score (nSPS) is 32.3. The summed E-state index contributed by atoms with van der Waals surface area (Å²) in [6, 6.07) is 0.0227. The van der Waals surface area contributed by atoms with E-state index >= 15 is 0 Å². The van der Waals surface area contributed by atoms with Crippen LogP contribution in [0.25, 0.3) is 0 Å². The molecule has 23 heavy (non-hydrogen) atoms. The Balaban J connectivity index is 1.69. The molecule has 2 N–H and O–H groups in total. The van der Waals surface area contributed by atoms with Gasteiger partial charge in [-0.3, -0.25) is 0 Å². The van der Waals surface area contributed by atoms with Crippen molar-refractivity contribution in [3.8, 4) is 0 Å². The van der Waals surface area contributed by atoms with Crippen molar-refractivity contribution in [1.82, 2.24) is 10.6 Å². The van der Waals surface area contributed by atoms with E-state index in [1.54, 1.807) is 0 Å². The van der Waals surface area contributed by atoms with Gasteiger partial charge >= 0.3 is 6.03 Å². The zero-order valence-corrected chi connectivity index (χ0v) is 15.3. The predicted octanol–water partition coefficient (Wildman–Crippen LogP) is 2.86. The van der Waals surface area contributed by atoms with Crippen LogP contribution in [-0.2, 0) is 9.84 Å². The van der Waals surface area contributed by atoms with E-state index in [0.29, 0.717) is 18.8 Å². The molecule has 0 aromatic rings. The van der Waals surface area contributed by atoms with E-state index in [1.165, 1.54) is 38.4 Å². The zero-order valence-electron chi connectivity index (χ0n) is 14.5.